The molecule has 0 spiro atoms. The smallest absolute Gasteiger partial charge is 0.271 e. The average Bonchev–Trinajstić information content (AvgIpc) is 3.14. The zero-order chi connectivity index (χ0) is 22.5. The molecule has 0 saturated carbocycles. The van der Waals surface area contributed by atoms with Gasteiger partial charge in [-0.3, -0.25) is 14.2 Å². The van der Waals surface area contributed by atoms with Crippen LogP contribution in [0.5, 0.6) is 0 Å². The summed E-state index contributed by atoms with van der Waals surface area (Å²) in [5, 5.41) is 2.05. The fraction of sp³-hybridized carbons (Fsp3) is 0.148. The van der Waals surface area contributed by atoms with Crippen molar-refractivity contribution in [3.05, 3.63) is 115 Å². The van der Waals surface area contributed by atoms with Crippen molar-refractivity contribution < 1.29 is 9.18 Å². The highest BCUT2D eigenvalue weighted by Gasteiger charge is 2.35. The van der Waals surface area contributed by atoms with E-state index in [1.807, 2.05) is 42.5 Å². The third-order valence-electron chi connectivity index (χ3n) is 6.34. The van der Waals surface area contributed by atoms with Gasteiger partial charge in [-0.15, -0.1) is 0 Å². The molecule has 33 heavy (non-hydrogen) atoms. The van der Waals surface area contributed by atoms with E-state index in [2.05, 4.69) is 0 Å². The number of aromatic nitrogens is 1. The second kappa shape index (κ2) is 7.74. The lowest BCUT2D eigenvalue weighted by molar-refractivity contribution is -0.116. The van der Waals surface area contributed by atoms with E-state index >= 15 is 0 Å². The van der Waals surface area contributed by atoms with Crippen LogP contribution in [0.4, 0.5) is 4.39 Å². The molecule has 6 rings (SSSR count). The Balaban J connectivity index is 1.67. The number of Topliss-reactive ketones (excluding diaryl/α,β-unsaturated/α-hetero) is 1. The van der Waals surface area contributed by atoms with E-state index < -0.39 is 6.04 Å². The summed E-state index contributed by atoms with van der Waals surface area (Å²) in [5.41, 5.74) is 2.38. The average molecular weight is 455 g/mol. The third-order valence-corrected chi connectivity index (χ3v) is 7.32. The lowest BCUT2D eigenvalue weighted by atomic mass is 9.84. The Bertz CT molecular complexity index is 1660. The fourth-order valence-electron chi connectivity index (χ4n) is 4.83. The van der Waals surface area contributed by atoms with Crippen LogP contribution in [0.15, 0.2) is 87.8 Å². The molecule has 1 atom stereocenters. The Morgan fingerprint density at radius 1 is 0.970 bits per heavy atom. The number of rotatable bonds is 2. The highest BCUT2D eigenvalue weighted by molar-refractivity contribution is 7.07. The number of thiazole rings is 1. The topological polar surface area (TPSA) is 51.4 Å². The Morgan fingerprint density at radius 2 is 1.76 bits per heavy atom. The van der Waals surface area contributed by atoms with Crippen molar-refractivity contribution in [3.8, 4) is 0 Å². The lowest BCUT2D eigenvalue weighted by Gasteiger charge is -2.29. The van der Waals surface area contributed by atoms with E-state index in [-0.39, 0.29) is 17.2 Å². The van der Waals surface area contributed by atoms with Crippen LogP contribution in [-0.4, -0.2) is 10.4 Å². The van der Waals surface area contributed by atoms with Crippen molar-refractivity contribution in [2.45, 2.75) is 25.3 Å². The SMILES string of the molecule is O=C1CCCC2=C1C(c1cccc3ccccc13)n1c(sc(=Cc3ccccc3F)c1=O)=N2. The van der Waals surface area contributed by atoms with Gasteiger partial charge in [-0.1, -0.05) is 72.0 Å². The molecular formula is C27H19FN2O2S. The summed E-state index contributed by atoms with van der Waals surface area (Å²) >= 11 is 1.24. The number of halogens is 1. The maximum Gasteiger partial charge on any atom is 0.271 e. The van der Waals surface area contributed by atoms with E-state index in [0.29, 0.717) is 33.3 Å². The molecule has 162 valence electrons. The largest absolute Gasteiger partial charge is 0.294 e. The first-order valence-corrected chi connectivity index (χ1v) is 11.7. The van der Waals surface area contributed by atoms with Gasteiger partial charge in [0.2, 0.25) is 0 Å². The van der Waals surface area contributed by atoms with Crippen molar-refractivity contribution in [1.29, 1.82) is 0 Å². The minimum atomic E-state index is -0.544. The summed E-state index contributed by atoms with van der Waals surface area (Å²) in [5.74, 6) is -0.343. The van der Waals surface area contributed by atoms with Gasteiger partial charge >= 0.3 is 0 Å². The number of allylic oxidation sites excluding steroid dienone is 2. The maximum absolute atomic E-state index is 14.3. The molecule has 2 heterocycles. The molecule has 1 aromatic heterocycles. The number of carbonyl (C=O) groups excluding carboxylic acids is 1. The van der Waals surface area contributed by atoms with Gasteiger partial charge in [0, 0.05) is 17.6 Å². The van der Waals surface area contributed by atoms with Gasteiger partial charge in [0.1, 0.15) is 5.82 Å². The Labute approximate surface area is 192 Å². The minimum Gasteiger partial charge on any atom is -0.294 e. The molecular weight excluding hydrogens is 435 g/mol. The van der Waals surface area contributed by atoms with Gasteiger partial charge in [-0.2, -0.15) is 0 Å². The Kier molecular flexibility index (Phi) is 4.69. The molecule has 4 aromatic rings. The van der Waals surface area contributed by atoms with Gasteiger partial charge in [0.15, 0.2) is 10.6 Å². The highest BCUT2D eigenvalue weighted by Crippen LogP contribution is 2.38. The quantitative estimate of drug-likeness (QED) is 0.455. The first-order chi connectivity index (χ1) is 16.1. The predicted molar refractivity (Wildman–Crippen MR) is 127 cm³/mol. The Morgan fingerprint density at radius 3 is 2.64 bits per heavy atom. The molecule has 0 amide bonds. The minimum absolute atomic E-state index is 0.0429. The van der Waals surface area contributed by atoms with Crippen molar-refractivity contribution in [2.24, 2.45) is 4.99 Å². The second-order valence-electron chi connectivity index (χ2n) is 8.31. The summed E-state index contributed by atoms with van der Waals surface area (Å²) in [7, 11) is 0. The van der Waals surface area contributed by atoms with Gasteiger partial charge in [-0.25, -0.2) is 9.38 Å². The van der Waals surface area contributed by atoms with Crippen molar-refractivity contribution in [1.82, 2.24) is 4.57 Å². The summed E-state index contributed by atoms with van der Waals surface area (Å²) < 4.78 is 16.3. The summed E-state index contributed by atoms with van der Waals surface area (Å²) in [4.78, 5) is 32.1. The van der Waals surface area contributed by atoms with Crippen LogP contribution in [-0.2, 0) is 4.79 Å². The van der Waals surface area contributed by atoms with Crippen LogP contribution in [0.25, 0.3) is 16.8 Å². The molecule has 4 nitrogen and oxygen atoms in total. The molecule has 2 aliphatic rings. The molecule has 0 bridgehead atoms. The number of fused-ring (bicyclic) bond motifs is 2. The van der Waals surface area contributed by atoms with Crippen LogP contribution < -0.4 is 14.9 Å². The first kappa shape index (κ1) is 20.0. The maximum atomic E-state index is 14.3. The summed E-state index contributed by atoms with van der Waals surface area (Å²) in [6, 6.07) is 19.8. The number of carbonyl (C=O) groups is 1. The predicted octanol–water partition coefficient (Wildman–Crippen LogP) is 4.26. The second-order valence-corrected chi connectivity index (χ2v) is 9.32. The molecule has 0 saturated heterocycles. The first-order valence-electron chi connectivity index (χ1n) is 10.9. The Hall–Kier alpha value is -3.64. The van der Waals surface area contributed by atoms with Gasteiger partial charge in [0.05, 0.1) is 16.3 Å². The van der Waals surface area contributed by atoms with Gasteiger partial charge in [0.25, 0.3) is 5.56 Å². The van der Waals surface area contributed by atoms with Crippen molar-refractivity contribution in [2.75, 3.05) is 0 Å². The normalized spacial score (nSPS) is 18.3. The van der Waals surface area contributed by atoms with E-state index in [9.17, 15) is 14.0 Å². The third kappa shape index (κ3) is 3.21. The summed E-state index contributed by atoms with van der Waals surface area (Å²) in [6.07, 6.45) is 3.50. The van der Waals surface area contributed by atoms with E-state index in [1.165, 1.54) is 17.4 Å². The number of hydrogen-bond donors (Lipinski definition) is 0. The molecule has 1 aliphatic heterocycles. The standard InChI is InChI=1S/C27H19FN2O2S/c28-20-12-4-2-8-17(20)15-23-26(32)30-25(19-11-5-9-16-7-1-3-10-18(16)19)24-21(29-27(30)33-23)13-6-14-22(24)31/h1-5,7-12,15,25H,6,13-14H2. The number of benzene rings is 3. The molecule has 0 radical (unpaired) electrons. The molecule has 0 N–H and O–H groups in total. The van der Waals surface area contributed by atoms with Crippen LogP contribution in [0, 0.1) is 5.82 Å². The molecule has 3 aromatic carbocycles. The molecule has 0 fully saturated rings. The van der Waals surface area contributed by atoms with E-state index in [4.69, 9.17) is 4.99 Å². The molecule has 1 unspecified atom stereocenters. The van der Waals surface area contributed by atoms with Crippen LogP contribution in [0.3, 0.4) is 0 Å². The lowest BCUT2D eigenvalue weighted by Crippen LogP contribution is -2.40. The van der Waals surface area contributed by atoms with Crippen molar-refractivity contribution >= 4 is 34.0 Å². The highest BCUT2D eigenvalue weighted by atomic mass is 32.1. The summed E-state index contributed by atoms with van der Waals surface area (Å²) in [6.45, 7) is 0. The monoisotopic (exact) mass is 454 g/mol. The number of hydrogen-bond acceptors (Lipinski definition) is 4. The zero-order valence-electron chi connectivity index (χ0n) is 17.6. The van der Waals surface area contributed by atoms with Gasteiger partial charge < -0.3 is 0 Å². The van der Waals surface area contributed by atoms with E-state index in [1.54, 1.807) is 28.8 Å². The zero-order valence-corrected chi connectivity index (χ0v) is 18.4. The van der Waals surface area contributed by atoms with Crippen LogP contribution >= 0.6 is 11.3 Å². The number of ketones is 1. The number of nitrogens with zero attached hydrogens (tertiary/aromatic N) is 2. The van der Waals surface area contributed by atoms with Crippen LogP contribution in [0.2, 0.25) is 0 Å². The van der Waals surface area contributed by atoms with E-state index in [0.717, 1.165) is 28.5 Å². The molecule has 1 aliphatic carbocycles. The van der Waals surface area contributed by atoms with Gasteiger partial charge in [-0.05, 0) is 41.3 Å². The fourth-order valence-corrected chi connectivity index (χ4v) is 5.84. The van der Waals surface area contributed by atoms with Crippen LogP contribution in [0.1, 0.15) is 36.4 Å². The molecule has 6 heteroatoms. The van der Waals surface area contributed by atoms with Crippen molar-refractivity contribution in [3.63, 3.8) is 0 Å².